The van der Waals surface area contributed by atoms with Crippen LogP contribution < -0.4 is 5.43 Å². The molecule has 0 saturated carbocycles. The van der Waals surface area contributed by atoms with Gasteiger partial charge in [0.15, 0.2) is 0 Å². The van der Waals surface area contributed by atoms with E-state index in [-0.39, 0.29) is 17.3 Å². The number of anilines is 1. The van der Waals surface area contributed by atoms with Gasteiger partial charge < -0.3 is 4.74 Å². The summed E-state index contributed by atoms with van der Waals surface area (Å²) in [6, 6.07) is 3.05. The smallest absolute Gasteiger partial charge is 0.418 e. The molecule has 0 atom stereocenters. The van der Waals surface area contributed by atoms with Crippen molar-refractivity contribution in [3.05, 3.63) is 28.8 Å². The van der Waals surface area contributed by atoms with Gasteiger partial charge in [-0.2, -0.15) is 18.3 Å². The second kappa shape index (κ2) is 6.81. The maximum absolute atomic E-state index is 12.8. The fourth-order valence-corrected chi connectivity index (χ4v) is 1.46. The molecule has 1 aromatic carbocycles. The highest BCUT2D eigenvalue weighted by Gasteiger charge is 2.33. The Morgan fingerprint density at radius 2 is 2.10 bits per heavy atom. The first-order valence-corrected chi connectivity index (χ1v) is 6.04. The number of esters is 1. The molecule has 0 aliphatic carbocycles. The molecular formula is C11H9Cl2F3N2O2. The number of carbonyl (C=O) groups is 1. The second-order valence-corrected chi connectivity index (χ2v) is 4.22. The van der Waals surface area contributed by atoms with E-state index in [4.69, 9.17) is 23.2 Å². The minimum Gasteiger partial charge on any atom is -0.461 e. The summed E-state index contributed by atoms with van der Waals surface area (Å²) < 4.78 is 42.8. The van der Waals surface area contributed by atoms with Crippen molar-refractivity contribution in [2.75, 3.05) is 12.0 Å². The summed E-state index contributed by atoms with van der Waals surface area (Å²) in [5.41, 5.74) is 0.652. The molecule has 0 unspecified atom stereocenters. The van der Waals surface area contributed by atoms with Crippen LogP contribution in [0.15, 0.2) is 23.3 Å². The summed E-state index contributed by atoms with van der Waals surface area (Å²) in [6.45, 7) is 1.62. The predicted octanol–water partition coefficient (Wildman–Crippen LogP) is 3.89. The van der Waals surface area contributed by atoms with Gasteiger partial charge >= 0.3 is 12.1 Å². The van der Waals surface area contributed by atoms with Crippen LogP contribution in [0.3, 0.4) is 0 Å². The maximum Gasteiger partial charge on any atom is 0.418 e. The van der Waals surface area contributed by atoms with Gasteiger partial charge in [0.1, 0.15) is 0 Å². The lowest BCUT2D eigenvalue weighted by molar-refractivity contribution is -0.137. The third-order valence-electron chi connectivity index (χ3n) is 2.01. The summed E-state index contributed by atoms with van der Waals surface area (Å²) in [4.78, 5) is 11.1. The lowest BCUT2D eigenvalue weighted by Crippen LogP contribution is -2.14. The molecule has 110 valence electrons. The van der Waals surface area contributed by atoms with Crippen molar-refractivity contribution in [2.24, 2.45) is 5.10 Å². The summed E-state index contributed by atoms with van der Waals surface area (Å²) in [5, 5.41) is 2.64. The van der Waals surface area contributed by atoms with E-state index in [1.165, 1.54) is 6.07 Å². The second-order valence-electron chi connectivity index (χ2n) is 3.42. The zero-order valence-corrected chi connectivity index (χ0v) is 11.6. The van der Waals surface area contributed by atoms with Gasteiger partial charge in [-0.15, -0.1) is 0 Å². The van der Waals surface area contributed by atoms with E-state index in [9.17, 15) is 18.0 Å². The third-order valence-corrected chi connectivity index (χ3v) is 2.48. The number of carbonyl (C=O) groups excluding carboxylic acids is 1. The molecule has 4 nitrogen and oxygen atoms in total. The number of hydrogen-bond acceptors (Lipinski definition) is 4. The lowest BCUT2D eigenvalue weighted by Gasteiger charge is -2.12. The first-order valence-electron chi connectivity index (χ1n) is 5.28. The van der Waals surface area contributed by atoms with E-state index < -0.39 is 22.9 Å². The largest absolute Gasteiger partial charge is 0.461 e. The van der Waals surface area contributed by atoms with Crippen LogP contribution in [0.4, 0.5) is 18.9 Å². The molecule has 1 N–H and O–H groups in total. The molecule has 0 bridgehead atoms. The van der Waals surface area contributed by atoms with Gasteiger partial charge in [0, 0.05) is 5.02 Å². The number of alkyl halides is 3. The first kappa shape index (κ1) is 16.6. The predicted molar refractivity (Wildman–Crippen MR) is 70.0 cm³/mol. The standard InChI is InChI=1S/C11H9Cl2F3N2O2/c1-2-20-10(19)9(13)18-17-8-4-3-6(12)5-7(8)11(14,15)16/h3-5,17H,2H2,1H3. The Morgan fingerprint density at radius 3 is 2.65 bits per heavy atom. The maximum atomic E-state index is 12.8. The molecule has 0 aliphatic heterocycles. The number of benzene rings is 1. The Labute approximate surface area is 122 Å². The molecule has 0 saturated heterocycles. The number of hydrogen-bond donors (Lipinski definition) is 1. The van der Waals surface area contributed by atoms with Gasteiger partial charge in [-0.3, -0.25) is 5.43 Å². The van der Waals surface area contributed by atoms with Gasteiger partial charge in [-0.25, -0.2) is 4.79 Å². The van der Waals surface area contributed by atoms with E-state index >= 15 is 0 Å². The van der Waals surface area contributed by atoms with Gasteiger partial charge in [-0.05, 0) is 25.1 Å². The van der Waals surface area contributed by atoms with Crippen molar-refractivity contribution in [2.45, 2.75) is 13.1 Å². The summed E-state index contributed by atoms with van der Waals surface area (Å²) >= 11 is 11.0. The number of nitrogens with one attached hydrogen (secondary N) is 1. The SMILES string of the molecule is CCOC(=O)C(Cl)=NNc1ccc(Cl)cc1C(F)(F)F. The van der Waals surface area contributed by atoms with E-state index in [2.05, 4.69) is 15.3 Å². The van der Waals surface area contributed by atoms with Crippen molar-refractivity contribution in [1.82, 2.24) is 0 Å². The number of hydrazone groups is 1. The highest BCUT2D eigenvalue weighted by Crippen LogP contribution is 2.36. The van der Waals surface area contributed by atoms with E-state index in [1.807, 2.05) is 0 Å². The molecule has 0 amide bonds. The van der Waals surface area contributed by atoms with Crippen LogP contribution in [-0.4, -0.2) is 17.7 Å². The van der Waals surface area contributed by atoms with Crippen LogP contribution in [-0.2, 0) is 15.7 Å². The Balaban J connectivity index is 2.99. The fraction of sp³-hybridized carbons (Fsp3) is 0.273. The van der Waals surface area contributed by atoms with Gasteiger partial charge in [0.25, 0.3) is 0 Å². The Bertz CT molecular complexity index is 533. The molecule has 1 aromatic rings. The Kier molecular flexibility index (Phi) is 5.64. The van der Waals surface area contributed by atoms with Crippen molar-refractivity contribution < 1.29 is 22.7 Å². The van der Waals surface area contributed by atoms with Crippen molar-refractivity contribution in [3.8, 4) is 0 Å². The Hall–Kier alpha value is -1.47. The molecule has 20 heavy (non-hydrogen) atoms. The molecule has 9 heteroatoms. The van der Waals surface area contributed by atoms with Crippen LogP contribution in [0.25, 0.3) is 0 Å². The van der Waals surface area contributed by atoms with Crippen LogP contribution >= 0.6 is 23.2 Å². The van der Waals surface area contributed by atoms with Crippen LogP contribution in [0.5, 0.6) is 0 Å². The number of halogens is 5. The first-order chi connectivity index (χ1) is 9.25. The molecular weight excluding hydrogens is 320 g/mol. The number of ether oxygens (including phenoxy) is 1. The van der Waals surface area contributed by atoms with Crippen LogP contribution in [0.1, 0.15) is 12.5 Å². The average molecular weight is 329 g/mol. The Morgan fingerprint density at radius 1 is 1.45 bits per heavy atom. The average Bonchev–Trinajstić information content (AvgIpc) is 2.36. The molecule has 0 radical (unpaired) electrons. The monoisotopic (exact) mass is 328 g/mol. The number of rotatable bonds is 4. The highest BCUT2D eigenvalue weighted by molar-refractivity contribution is 6.82. The molecule has 0 heterocycles. The van der Waals surface area contributed by atoms with Crippen molar-refractivity contribution in [3.63, 3.8) is 0 Å². The molecule has 1 rings (SSSR count). The topological polar surface area (TPSA) is 50.7 Å². The van der Waals surface area contributed by atoms with Crippen LogP contribution in [0.2, 0.25) is 5.02 Å². The zero-order chi connectivity index (χ0) is 15.3. The number of nitrogens with zero attached hydrogens (tertiary/aromatic N) is 1. The van der Waals surface area contributed by atoms with Crippen LogP contribution in [0, 0.1) is 0 Å². The summed E-state index contributed by atoms with van der Waals surface area (Å²) in [7, 11) is 0. The van der Waals surface area contributed by atoms with Gasteiger partial charge in [0.05, 0.1) is 17.9 Å². The van der Waals surface area contributed by atoms with Crippen molar-refractivity contribution in [1.29, 1.82) is 0 Å². The summed E-state index contributed by atoms with van der Waals surface area (Å²) in [6.07, 6.45) is -4.63. The third kappa shape index (κ3) is 4.57. The fourth-order valence-electron chi connectivity index (χ4n) is 1.19. The molecule has 0 spiro atoms. The van der Waals surface area contributed by atoms with E-state index in [0.717, 1.165) is 12.1 Å². The molecule has 0 aromatic heterocycles. The van der Waals surface area contributed by atoms with E-state index in [0.29, 0.717) is 0 Å². The van der Waals surface area contributed by atoms with Gasteiger partial charge in [0.2, 0.25) is 5.17 Å². The molecule has 0 fully saturated rings. The normalized spacial score (nSPS) is 12.2. The quantitative estimate of drug-likeness (QED) is 0.518. The highest BCUT2D eigenvalue weighted by atomic mass is 35.5. The summed E-state index contributed by atoms with van der Waals surface area (Å²) in [5.74, 6) is -0.941. The molecule has 0 aliphatic rings. The zero-order valence-electron chi connectivity index (χ0n) is 10.1. The lowest BCUT2D eigenvalue weighted by atomic mass is 10.2. The minimum atomic E-state index is -4.63. The van der Waals surface area contributed by atoms with E-state index in [1.54, 1.807) is 6.92 Å². The minimum absolute atomic E-state index is 0.0688. The van der Waals surface area contributed by atoms with Gasteiger partial charge in [-0.1, -0.05) is 23.2 Å². The van der Waals surface area contributed by atoms with Crippen molar-refractivity contribution >= 4 is 40.0 Å².